The lowest BCUT2D eigenvalue weighted by atomic mass is 10.0. The van der Waals surface area contributed by atoms with E-state index in [0.717, 1.165) is 10.9 Å². The van der Waals surface area contributed by atoms with Crippen LogP contribution in [0.4, 0.5) is 0 Å². The van der Waals surface area contributed by atoms with Crippen molar-refractivity contribution in [2.24, 2.45) is 13.0 Å². The van der Waals surface area contributed by atoms with Gasteiger partial charge in [0, 0.05) is 47.7 Å². The minimum atomic E-state index is -0.616. The van der Waals surface area contributed by atoms with Gasteiger partial charge in [0.25, 0.3) is 5.91 Å². The molecule has 2 heterocycles. The molecule has 2 amide bonds. The van der Waals surface area contributed by atoms with Gasteiger partial charge in [0.05, 0.1) is 18.2 Å². The normalized spacial score (nSPS) is 25.8. The number of nitrogens with zero attached hydrogens (tertiary/aromatic N) is 2. The number of likely N-dealkylation sites (tertiary alicyclic amines) is 1. The Morgan fingerprint density at radius 3 is 2.73 bits per heavy atom. The highest BCUT2D eigenvalue weighted by molar-refractivity contribution is 5.99. The number of aliphatic hydroxyl groups excluding tert-OH is 1. The third-order valence-corrected chi connectivity index (χ3v) is 6.80. The van der Waals surface area contributed by atoms with Crippen molar-refractivity contribution in [3.05, 3.63) is 59.3 Å². The fraction of sp³-hybridized carbons (Fsp3) is 0.417. The highest BCUT2D eigenvalue weighted by atomic mass is 16.3. The Bertz CT molecular complexity index is 1070. The van der Waals surface area contributed by atoms with Gasteiger partial charge in [-0.25, -0.2) is 0 Å². The summed E-state index contributed by atoms with van der Waals surface area (Å²) in [6.07, 6.45) is 6.85. The van der Waals surface area contributed by atoms with E-state index >= 15 is 0 Å². The van der Waals surface area contributed by atoms with E-state index in [9.17, 15) is 14.7 Å². The average molecular weight is 408 g/mol. The van der Waals surface area contributed by atoms with Crippen LogP contribution in [-0.4, -0.2) is 51.1 Å². The molecular weight excluding hydrogens is 378 g/mol. The summed E-state index contributed by atoms with van der Waals surface area (Å²) in [5, 5.41) is 14.7. The molecule has 1 aromatic carbocycles. The molecule has 30 heavy (non-hydrogen) atoms. The molecule has 0 radical (unpaired) electrons. The predicted molar refractivity (Wildman–Crippen MR) is 117 cm³/mol. The number of hydrogen-bond donors (Lipinski definition) is 2. The number of carbonyl (C=O) groups is 2. The third-order valence-electron chi connectivity index (χ3n) is 6.80. The van der Waals surface area contributed by atoms with Gasteiger partial charge in [-0.2, -0.15) is 0 Å². The molecule has 4 atom stereocenters. The highest BCUT2D eigenvalue weighted by Crippen LogP contribution is 2.38. The zero-order valence-corrected chi connectivity index (χ0v) is 17.9. The minimum Gasteiger partial charge on any atom is -0.391 e. The van der Waals surface area contributed by atoms with Gasteiger partial charge in [0.2, 0.25) is 5.91 Å². The van der Waals surface area contributed by atoms with E-state index in [1.807, 2.05) is 38.2 Å². The Morgan fingerprint density at radius 1 is 1.23 bits per heavy atom. The topological polar surface area (TPSA) is 74.6 Å². The standard InChI is InChI=1S/C24H29N3O3/c1-5-6-7-8-21(29)27-13-17-12-20(28)23(27)22(17)25-24(30)16-9-10-19-18(11-16)14(2)15(3)26(19)4/h5-11,17,20,22-23,28H,12-13H2,1-4H3,(H,25,30)/b6-5+,8-7+/t17-,20+,22-,23-/m0/s1. The van der Waals surface area contributed by atoms with E-state index in [4.69, 9.17) is 0 Å². The Balaban J connectivity index is 1.54. The first-order valence-corrected chi connectivity index (χ1v) is 10.5. The van der Waals surface area contributed by atoms with Crippen molar-refractivity contribution >= 4 is 22.7 Å². The van der Waals surface area contributed by atoms with E-state index in [1.165, 1.54) is 17.3 Å². The molecular formula is C24H29N3O3. The summed E-state index contributed by atoms with van der Waals surface area (Å²) in [6.45, 7) is 6.58. The second kappa shape index (κ2) is 7.76. The number of carbonyl (C=O) groups excluding carboxylic acids is 2. The van der Waals surface area contributed by atoms with Crippen LogP contribution in [0, 0.1) is 19.8 Å². The molecule has 2 N–H and O–H groups in total. The first kappa shape index (κ1) is 20.4. The quantitative estimate of drug-likeness (QED) is 0.604. The van der Waals surface area contributed by atoms with Crippen LogP contribution in [0.25, 0.3) is 10.9 Å². The first-order chi connectivity index (χ1) is 14.3. The van der Waals surface area contributed by atoms with Crippen LogP contribution < -0.4 is 5.32 Å². The number of amides is 2. The van der Waals surface area contributed by atoms with Crippen molar-refractivity contribution in [3.63, 3.8) is 0 Å². The molecule has 1 aliphatic heterocycles. The summed E-state index contributed by atoms with van der Waals surface area (Å²) >= 11 is 0. The summed E-state index contributed by atoms with van der Waals surface area (Å²) in [6, 6.07) is 5.13. The number of benzene rings is 1. The number of allylic oxidation sites excluding steroid dienone is 3. The molecule has 0 unspecified atom stereocenters. The second-order valence-electron chi connectivity index (χ2n) is 8.43. The van der Waals surface area contributed by atoms with Crippen molar-refractivity contribution in [3.8, 4) is 0 Å². The molecule has 0 spiro atoms. The summed E-state index contributed by atoms with van der Waals surface area (Å²) in [7, 11) is 2.03. The van der Waals surface area contributed by atoms with E-state index in [0.29, 0.717) is 18.5 Å². The van der Waals surface area contributed by atoms with E-state index < -0.39 is 6.10 Å². The maximum absolute atomic E-state index is 13.0. The Morgan fingerprint density at radius 2 is 2.00 bits per heavy atom. The number of aliphatic hydroxyl groups is 1. The molecule has 2 aliphatic rings. The van der Waals surface area contributed by atoms with Crippen LogP contribution in [0.15, 0.2) is 42.5 Å². The van der Waals surface area contributed by atoms with Crippen molar-refractivity contribution in [2.75, 3.05) is 6.54 Å². The lowest BCUT2D eigenvalue weighted by Gasteiger charge is -2.30. The molecule has 6 nitrogen and oxygen atoms in total. The van der Waals surface area contributed by atoms with Crippen LogP contribution in [-0.2, 0) is 11.8 Å². The minimum absolute atomic E-state index is 0.0671. The first-order valence-electron chi connectivity index (χ1n) is 10.5. The Hall–Kier alpha value is -2.86. The molecule has 1 aromatic heterocycles. The lowest BCUT2D eigenvalue weighted by Crippen LogP contribution is -2.50. The fourth-order valence-corrected chi connectivity index (χ4v) is 5.00. The monoisotopic (exact) mass is 407 g/mol. The zero-order chi connectivity index (χ0) is 21.6. The van der Waals surface area contributed by atoms with Crippen LogP contribution in [0.5, 0.6) is 0 Å². The molecule has 158 valence electrons. The van der Waals surface area contributed by atoms with Gasteiger partial charge in [-0.15, -0.1) is 0 Å². The number of fused-ring (bicyclic) bond motifs is 3. The SMILES string of the molecule is C/C=C/C=C/C(=O)N1C[C@@H]2C[C@@H](O)[C@H]1[C@H]2NC(=O)c1ccc2c(c1)c(C)c(C)n2C. The predicted octanol–water partition coefficient (Wildman–Crippen LogP) is 2.62. The van der Waals surface area contributed by atoms with Crippen LogP contribution in [0.2, 0.25) is 0 Å². The molecule has 2 fully saturated rings. The van der Waals surface area contributed by atoms with Gasteiger partial charge in [0.15, 0.2) is 0 Å². The van der Waals surface area contributed by atoms with Gasteiger partial charge < -0.3 is 19.9 Å². The zero-order valence-electron chi connectivity index (χ0n) is 17.9. The summed E-state index contributed by atoms with van der Waals surface area (Å²) in [5.41, 5.74) is 4.05. The highest BCUT2D eigenvalue weighted by Gasteiger charge is 2.54. The molecule has 4 rings (SSSR count). The summed E-state index contributed by atoms with van der Waals surface area (Å²) in [5.74, 6) is -0.224. The molecule has 6 heteroatoms. The van der Waals surface area contributed by atoms with E-state index in [2.05, 4.69) is 23.7 Å². The maximum atomic E-state index is 13.0. The number of aromatic nitrogens is 1. The van der Waals surface area contributed by atoms with Gasteiger partial charge in [-0.05, 0) is 51.0 Å². The molecule has 2 aromatic rings. The summed E-state index contributed by atoms with van der Waals surface area (Å²) in [4.78, 5) is 27.3. The van der Waals surface area contributed by atoms with Crippen molar-refractivity contribution in [2.45, 2.75) is 45.4 Å². The Labute approximate surface area is 176 Å². The molecule has 2 bridgehead atoms. The average Bonchev–Trinajstić information content (AvgIpc) is 3.30. The number of piperidine rings is 1. The smallest absolute Gasteiger partial charge is 0.251 e. The molecule has 1 saturated heterocycles. The number of hydrogen-bond acceptors (Lipinski definition) is 3. The molecule has 1 saturated carbocycles. The van der Waals surface area contributed by atoms with Crippen molar-refractivity contribution < 1.29 is 14.7 Å². The number of nitrogens with one attached hydrogen (secondary N) is 1. The van der Waals surface area contributed by atoms with Crippen molar-refractivity contribution in [1.82, 2.24) is 14.8 Å². The van der Waals surface area contributed by atoms with Gasteiger partial charge in [0.1, 0.15) is 0 Å². The van der Waals surface area contributed by atoms with Gasteiger partial charge in [-0.3, -0.25) is 9.59 Å². The van der Waals surface area contributed by atoms with Gasteiger partial charge in [-0.1, -0.05) is 18.2 Å². The fourth-order valence-electron chi connectivity index (χ4n) is 5.00. The Kier molecular flexibility index (Phi) is 5.28. The van der Waals surface area contributed by atoms with Gasteiger partial charge >= 0.3 is 0 Å². The summed E-state index contributed by atoms with van der Waals surface area (Å²) < 4.78 is 2.13. The van der Waals surface area contributed by atoms with Crippen LogP contribution >= 0.6 is 0 Å². The van der Waals surface area contributed by atoms with Crippen LogP contribution in [0.3, 0.4) is 0 Å². The lowest BCUT2D eigenvalue weighted by molar-refractivity contribution is -0.130. The van der Waals surface area contributed by atoms with E-state index in [-0.39, 0.29) is 29.8 Å². The molecule has 1 aliphatic carbocycles. The second-order valence-corrected chi connectivity index (χ2v) is 8.43. The number of aryl methyl sites for hydroxylation is 2. The van der Waals surface area contributed by atoms with Crippen LogP contribution in [0.1, 0.15) is 35.0 Å². The third kappa shape index (κ3) is 3.25. The van der Waals surface area contributed by atoms with E-state index in [1.54, 1.807) is 17.1 Å². The van der Waals surface area contributed by atoms with Crippen molar-refractivity contribution in [1.29, 1.82) is 0 Å². The number of rotatable bonds is 4. The maximum Gasteiger partial charge on any atom is 0.251 e. The largest absolute Gasteiger partial charge is 0.391 e.